The van der Waals surface area contributed by atoms with Gasteiger partial charge in [-0.15, -0.1) is 0 Å². The highest BCUT2D eigenvalue weighted by molar-refractivity contribution is 5.80. The van der Waals surface area contributed by atoms with E-state index in [-0.39, 0.29) is 11.9 Å². The molecule has 1 saturated heterocycles. The van der Waals surface area contributed by atoms with Gasteiger partial charge in [-0.3, -0.25) is 4.79 Å². The number of carbonyl (C=O) groups is 2. The molecule has 1 aromatic rings. The van der Waals surface area contributed by atoms with Crippen molar-refractivity contribution in [2.75, 3.05) is 33.3 Å². The van der Waals surface area contributed by atoms with E-state index in [4.69, 9.17) is 4.74 Å². The molecule has 1 aromatic carbocycles. The van der Waals surface area contributed by atoms with Gasteiger partial charge in [0.2, 0.25) is 5.91 Å². The van der Waals surface area contributed by atoms with Crippen molar-refractivity contribution >= 4 is 11.9 Å². The van der Waals surface area contributed by atoms with E-state index >= 15 is 0 Å². The van der Waals surface area contributed by atoms with E-state index in [1.165, 1.54) is 12.8 Å². The number of benzene rings is 1. The lowest BCUT2D eigenvalue weighted by Gasteiger charge is -2.24. The third kappa shape index (κ3) is 4.68. The van der Waals surface area contributed by atoms with Gasteiger partial charge in [0.25, 0.3) is 0 Å². The number of nitrogens with zero attached hydrogens (tertiary/aromatic N) is 2. The summed E-state index contributed by atoms with van der Waals surface area (Å²) in [6, 6.07) is 7.98. The standard InChI is InChI=1S/C20H29N3O3/c1-26-18-10-5-2-7-16(18)15-19(24)22-11-6-12-23(14-13-22)20(25)21-17-8-3-4-9-17/h2,5,7,10,17H,3-4,6,8-9,11-15H2,1H3,(H,21,25). The van der Waals surface area contributed by atoms with Crippen LogP contribution in [0.5, 0.6) is 5.75 Å². The van der Waals surface area contributed by atoms with Crippen LogP contribution in [-0.4, -0.2) is 61.1 Å². The number of carbonyl (C=O) groups excluding carboxylic acids is 2. The van der Waals surface area contributed by atoms with Crippen LogP contribution in [-0.2, 0) is 11.2 Å². The molecule has 26 heavy (non-hydrogen) atoms. The molecule has 6 heteroatoms. The first-order valence-electron chi connectivity index (χ1n) is 9.62. The van der Waals surface area contributed by atoms with E-state index in [9.17, 15) is 9.59 Å². The molecule has 142 valence electrons. The summed E-state index contributed by atoms with van der Waals surface area (Å²) in [7, 11) is 1.62. The molecular weight excluding hydrogens is 330 g/mol. The Hall–Kier alpha value is -2.24. The van der Waals surface area contributed by atoms with Gasteiger partial charge in [0.05, 0.1) is 13.5 Å². The lowest BCUT2D eigenvalue weighted by atomic mass is 10.1. The zero-order valence-corrected chi connectivity index (χ0v) is 15.6. The van der Waals surface area contributed by atoms with Crippen LogP contribution < -0.4 is 10.1 Å². The van der Waals surface area contributed by atoms with Crippen molar-refractivity contribution in [2.24, 2.45) is 0 Å². The monoisotopic (exact) mass is 359 g/mol. The number of methoxy groups -OCH3 is 1. The molecule has 0 spiro atoms. The Morgan fingerprint density at radius 2 is 1.73 bits per heavy atom. The Kier molecular flexibility index (Phi) is 6.36. The summed E-state index contributed by atoms with van der Waals surface area (Å²) in [6.07, 6.45) is 5.73. The number of ether oxygens (including phenoxy) is 1. The van der Waals surface area contributed by atoms with Crippen LogP contribution in [0.25, 0.3) is 0 Å². The van der Waals surface area contributed by atoms with Crippen molar-refractivity contribution in [3.63, 3.8) is 0 Å². The smallest absolute Gasteiger partial charge is 0.317 e. The van der Waals surface area contributed by atoms with Crippen molar-refractivity contribution < 1.29 is 14.3 Å². The fraction of sp³-hybridized carbons (Fsp3) is 0.600. The number of urea groups is 1. The Morgan fingerprint density at radius 1 is 1.04 bits per heavy atom. The molecule has 6 nitrogen and oxygen atoms in total. The average molecular weight is 359 g/mol. The highest BCUT2D eigenvalue weighted by atomic mass is 16.5. The maximum absolute atomic E-state index is 12.7. The fourth-order valence-electron chi connectivity index (χ4n) is 3.83. The van der Waals surface area contributed by atoms with Crippen molar-refractivity contribution in [1.29, 1.82) is 0 Å². The van der Waals surface area contributed by atoms with Gasteiger partial charge in [0.1, 0.15) is 5.75 Å². The van der Waals surface area contributed by atoms with E-state index in [0.29, 0.717) is 38.6 Å². The molecule has 0 bridgehead atoms. The zero-order valence-electron chi connectivity index (χ0n) is 15.6. The minimum atomic E-state index is 0.0240. The normalized spacial score (nSPS) is 18.5. The Balaban J connectivity index is 1.52. The van der Waals surface area contributed by atoms with E-state index in [2.05, 4.69) is 5.32 Å². The molecule has 0 atom stereocenters. The van der Waals surface area contributed by atoms with E-state index < -0.39 is 0 Å². The zero-order chi connectivity index (χ0) is 18.4. The van der Waals surface area contributed by atoms with Crippen LogP contribution in [0.2, 0.25) is 0 Å². The summed E-state index contributed by atoms with van der Waals surface area (Å²) in [5.74, 6) is 0.834. The van der Waals surface area contributed by atoms with E-state index in [1.54, 1.807) is 7.11 Å². The van der Waals surface area contributed by atoms with Crippen molar-refractivity contribution in [3.05, 3.63) is 29.8 Å². The molecule has 1 N–H and O–H groups in total. The molecule has 2 fully saturated rings. The van der Waals surface area contributed by atoms with Gasteiger partial charge in [0.15, 0.2) is 0 Å². The molecule has 1 aliphatic carbocycles. The topological polar surface area (TPSA) is 61.9 Å². The van der Waals surface area contributed by atoms with Crippen LogP contribution in [0.1, 0.15) is 37.7 Å². The van der Waals surface area contributed by atoms with Gasteiger partial charge in [0, 0.05) is 37.8 Å². The minimum absolute atomic E-state index is 0.0240. The maximum atomic E-state index is 12.7. The van der Waals surface area contributed by atoms with E-state index in [1.807, 2.05) is 34.1 Å². The first-order chi connectivity index (χ1) is 12.7. The molecule has 2 aliphatic rings. The molecule has 3 amide bonds. The summed E-state index contributed by atoms with van der Waals surface area (Å²) in [6.45, 7) is 2.58. The second kappa shape index (κ2) is 8.92. The maximum Gasteiger partial charge on any atom is 0.317 e. The minimum Gasteiger partial charge on any atom is -0.496 e. The van der Waals surface area contributed by atoms with Gasteiger partial charge < -0.3 is 19.9 Å². The van der Waals surface area contributed by atoms with E-state index in [0.717, 1.165) is 30.6 Å². The predicted octanol–water partition coefficient (Wildman–Crippen LogP) is 2.42. The number of hydrogen-bond acceptors (Lipinski definition) is 3. The van der Waals surface area contributed by atoms with Gasteiger partial charge in [-0.2, -0.15) is 0 Å². The van der Waals surface area contributed by atoms with Gasteiger partial charge in [-0.1, -0.05) is 31.0 Å². The number of nitrogens with one attached hydrogen (secondary N) is 1. The van der Waals surface area contributed by atoms with Gasteiger partial charge in [-0.05, 0) is 25.3 Å². The lowest BCUT2D eigenvalue weighted by Crippen LogP contribution is -2.45. The van der Waals surface area contributed by atoms with Crippen LogP contribution in [0.4, 0.5) is 4.79 Å². The van der Waals surface area contributed by atoms with Crippen molar-refractivity contribution in [2.45, 2.75) is 44.6 Å². The molecule has 0 radical (unpaired) electrons. The highest BCUT2D eigenvalue weighted by Gasteiger charge is 2.25. The van der Waals surface area contributed by atoms with Crippen LogP contribution in [0.3, 0.4) is 0 Å². The largest absolute Gasteiger partial charge is 0.496 e. The average Bonchev–Trinajstić information content (AvgIpc) is 3.03. The second-order valence-corrected chi connectivity index (χ2v) is 7.14. The Bertz CT molecular complexity index is 628. The molecule has 1 heterocycles. The first-order valence-corrected chi connectivity index (χ1v) is 9.62. The van der Waals surface area contributed by atoms with Crippen LogP contribution in [0.15, 0.2) is 24.3 Å². The molecule has 0 aromatic heterocycles. The number of hydrogen-bond donors (Lipinski definition) is 1. The van der Waals surface area contributed by atoms with Crippen molar-refractivity contribution in [1.82, 2.24) is 15.1 Å². The molecule has 3 rings (SSSR count). The summed E-state index contributed by atoms with van der Waals surface area (Å²) in [5, 5.41) is 3.14. The number of rotatable bonds is 4. The predicted molar refractivity (Wildman–Crippen MR) is 100 cm³/mol. The summed E-state index contributed by atoms with van der Waals surface area (Å²) < 4.78 is 5.34. The molecule has 1 saturated carbocycles. The summed E-state index contributed by atoms with van der Waals surface area (Å²) in [5.41, 5.74) is 0.903. The lowest BCUT2D eigenvalue weighted by molar-refractivity contribution is -0.130. The Morgan fingerprint density at radius 3 is 2.50 bits per heavy atom. The van der Waals surface area contributed by atoms with Crippen molar-refractivity contribution in [3.8, 4) is 5.75 Å². The summed E-state index contributed by atoms with van der Waals surface area (Å²) in [4.78, 5) is 28.9. The third-order valence-electron chi connectivity index (χ3n) is 5.35. The molecule has 1 aliphatic heterocycles. The molecular formula is C20H29N3O3. The quantitative estimate of drug-likeness (QED) is 0.898. The Labute approximate surface area is 155 Å². The third-order valence-corrected chi connectivity index (χ3v) is 5.35. The fourth-order valence-corrected chi connectivity index (χ4v) is 3.83. The van der Waals surface area contributed by atoms with Crippen LogP contribution in [0, 0.1) is 0 Å². The van der Waals surface area contributed by atoms with Gasteiger partial charge in [-0.25, -0.2) is 4.79 Å². The number of para-hydroxylation sites is 1. The summed E-state index contributed by atoms with van der Waals surface area (Å²) >= 11 is 0. The number of amides is 3. The SMILES string of the molecule is COc1ccccc1CC(=O)N1CCCN(C(=O)NC2CCCC2)CC1. The first kappa shape index (κ1) is 18.5. The van der Waals surface area contributed by atoms with Crippen LogP contribution >= 0.6 is 0 Å². The highest BCUT2D eigenvalue weighted by Crippen LogP contribution is 2.20. The second-order valence-electron chi connectivity index (χ2n) is 7.14. The molecule has 0 unspecified atom stereocenters. The van der Waals surface area contributed by atoms with Gasteiger partial charge >= 0.3 is 6.03 Å².